The summed E-state index contributed by atoms with van der Waals surface area (Å²) in [5.41, 5.74) is 1.25. The second kappa shape index (κ2) is 6.81. The average Bonchev–Trinajstić information content (AvgIpc) is 3.26. The first kappa shape index (κ1) is 21.0. The number of methoxy groups -OCH3 is 4. The van der Waals surface area contributed by atoms with Gasteiger partial charge in [0.05, 0.1) is 25.9 Å². The Kier molecular flexibility index (Phi) is 4.61. The van der Waals surface area contributed by atoms with Crippen molar-refractivity contribution in [3.63, 3.8) is 0 Å². The number of likely N-dealkylation sites (tertiary alicyclic amines) is 1. The Hall–Kier alpha value is -1.87. The third kappa shape index (κ3) is 2.21. The van der Waals surface area contributed by atoms with Gasteiger partial charge in [0.25, 0.3) is 0 Å². The van der Waals surface area contributed by atoms with E-state index in [1.54, 1.807) is 28.4 Å². The van der Waals surface area contributed by atoms with E-state index in [0.717, 1.165) is 36.3 Å². The van der Waals surface area contributed by atoms with Gasteiger partial charge in [-0.05, 0) is 38.1 Å². The van der Waals surface area contributed by atoms with Crippen molar-refractivity contribution in [1.29, 1.82) is 0 Å². The van der Waals surface area contributed by atoms with E-state index in [1.807, 2.05) is 6.07 Å². The molecule has 2 aliphatic heterocycles. The highest BCUT2D eigenvalue weighted by molar-refractivity contribution is 5.67. The Morgan fingerprint density at radius 2 is 1.94 bits per heavy atom. The maximum absolute atomic E-state index is 12.1. The molecule has 4 aliphatic rings. The Morgan fingerprint density at radius 3 is 2.55 bits per heavy atom. The SMILES string of the molecule is COc1ccc2c(c1OC)[C@@]13CCN(C)[C@@]14CC2O[C@@]4(OC)C(OC)C(OC(C)=O)C3. The van der Waals surface area contributed by atoms with Crippen LogP contribution in [0.15, 0.2) is 12.1 Å². The van der Waals surface area contributed by atoms with Gasteiger partial charge in [0.15, 0.2) is 11.5 Å². The van der Waals surface area contributed by atoms with Crippen molar-refractivity contribution in [2.75, 3.05) is 42.0 Å². The largest absolute Gasteiger partial charge is 0.493 e. The first-order valence-electron chi connectivity index (χ1n) is 10.8. The minimum atomic E-state index is -1.10. The molecule has 2 saturated heterocycles. The number of esters is 1. The van der Waals surface area contributed by atoms with Crippen LogP contribution in [0.1, 0.15) is 43.4 Å². The molecule has 0 aromatic heterocycles. The van der Waals surface area contributed by atoms with Gasteiger partial charge in [-0.1, -0.05) is 6.07 Å². The molecule has 8 nitrogen and oxygen atoms in total. The van der Waals surface area contributed by atoms with E-state index in [0.29, 0.717) is 12.2 Å². The molecule has 0 N–H and O–H groups in total. The van der Waals surface area contributed by atoms with Gasteiger partial charge in [0.2, 0.25) is 5.79 Å². The van der Waals surface area contributed by atoms with E-state index in [-0.39, 0.29) is 12.1 Å². The van der Waals surface area contributed by atoms with Crippen molar-refractivity contribution in [3.05, 3.63) is 23.3 Å². The van der Waals surface area contributed by atoms with E-state index in [1.165, 1.54) is 6.92 Å². The summed E-state index contributed by atoms with van der Waals surface area (Å²) >= 11 is 0. The van der Waals surface area contributed by atoms with Crippen LogP contribution in [0.4, 0.5) is 0 Å². The van der Waals surface area contributed by atoms with Crippen LogP contribution in [0, 0.1) is 0 Å². The van der Waals surface area contributed by atoms with Crippen molar-refractivity contribution < 1.29 is 33.2 Å². The molecule has 1 aromatic rings. The van der Waals surface area contributed by atoms with Gasteiger partial charge in [-0.3, -0.25) is 9.69 Å². The van der Waals surface area contributed by atoms with Gasteiger partial charge in [-0.25, -0.2) is 0 Å². The molecular weight excluding hydrogens is 402 g/mol. The van der Waals surface area contributed by atoms with Crippen molar-refractivity contribution in [2.24, 2.45) is 0 Å². The monoisotopic (exact) mass is 433 g/mol. The molecule has 1 saturated carbocycles. The Morgan fingerprint density at radius 1 is 1.16 bits per heavy atom. The molecule has 0 radical (unpaired) electrons. The molecule has 2 bridgehead atoms. The Balaban J connectivity index is 1.85. The summed E-state index contributed by atoms with van der Waals surface area (Å²) in [6, 6.07) is 4.01. The van der Waals surface area contributed by atoms with Crippen molar-refractivity contribution >= 4 is 5.97 Å². The molecule has 1 aromatic carbocycles. The zero-order chi connectivity index (χ0) is 22.2. The maximum atomic E-state index is 12.1. The molecule has 1 spiro atoms. The number of fused-ring (bicyclic) bond motifs is 3. The lowest BCUT2D eigenvalue weighted by atomic mass is 9.50. The lowest BCUT2D eigenvalue weighted by Gasteiger charge is -2.61. The number of carbonyl (C=O) groups excluding carboxylic acids is 1. The van der Waals surface area contributed by atoms with E-state index in [4.69, 9.17) is 28.4 Å². The summed E-state index contributed by atoms with van der Waals surface area (Å²) < 4.78 is 36.5. The Bertz CT molecular complexity index is 921. The number of benzene rings is 1. The molecule has 31 heavy (non-hydrogen) atoms. The lowest BCUT2D eigenvalue weighted by Crippen LogP contribution is -2.77. The fourth-order valence-corrected chi connectivity index (χ4v) is 7.37. The lowest BCUT2D eigenvalue weighted by molar-refractivity contribution is -0.340. The van der Waals surface area contributed by atoms with Gasteiger partial charge in [-0.2, -0.15) is 0 Å². The van der Waals surface area contributed by atoms with Crippen LogP contribution in [0.25, 0.3) is 0 Å². The minimum absolute atomic E-state index is 0.197. The zero-order valence-electron chi connectivity index (χ0n) is 19.0. The van der Waals surface area contributed by atoms with Crippen molar-refractivity contribution in [3.8, 4) is 11.5 Å². The van der Waals surface area contributed by atoms with Crippen LogP contribution in [-0.2, 0) is 29.2 Å². The quantitative estimate of drug-likeness (QED) is 0.654. The smallest absolute Gasteiger partial charge is 0.302 e. The second-order valence-corrected chi connectivity index (χ2v) is 9.07. The van der Waals surface area contributed by atoms with E-state index >= 15 is 0 Å². The summed E-state index contributed by atoms with van der Waals surface area (Å²) in [5, 5.41) is 0. The summed E-state index contributed by atoms with van der Waals surface area (Å²) in [6.45, 7) is 2.28. The number of hydrogen-bond acceptors (Lipinski definition) is 8. The van der Waals surface area contributed by atoms with E-state index < -0.39 is 28.9 Å². The average molecular weight is 434 g/mol. The number of hydrogen-bond donors (Lipinski definition) is 0. The highest BCUT2D eigenvalue weighted by Gasteiger charge is 2.83. The van der Waals surface area contributed by atoms with Gasteiger partial charge in [0, 0.05) is 38.5 Å². The van der Waals surface area contributed by atoms with Gasteiger partial charge in [-0.15, -0.1) is 0 Å². The third-order valence-electron chi connectivity index (χ3n) is 8.23. The molecule has 2 heterocycles. The first-order chi connectivity index (χ1) is 14.9. The molecular formula is C23H31NO7. The number of ether oxygens (including phenoxy) is 6. The molecule has 5 rings (SSSR count). The topological polar surface area (TPSA) is 75.7 Å². The summed E-state index contributed by atoms with van der Waals surface area (Å²) in [5.74, 6) is -0.0494. The van der Waals surface area contributed by atoms with Crippen LogP contribution in [0.5, 0.6) is 11.5 Å². The van der Waals surface area contributed by atoms with Crippen LogP contribution in [-0.4, -0.2) is 76.4 Å². The van der Waals surface area contributed by atoms with Crippen molar-refractivity contribution in [2.45, 2.75) is 61.2 Å². The highest BCUT2D eigenvalue weighted by Crippen LogP contribution is 2.73. The summed E-state index contributed by atoms with van der Waals surface area (Å²) in [4.78, 5) is 14.4. The van der Waals surface area contributed by atoms with E-state index in [2.05, 4.69) is 18.0 Å². The molecule has 6 atom stereocenters. The predicted molar refractivity (Wildman–Crippen MR) is 110 cm³/mol. The van der Waals surface area contributed by atoms with E-state index in [9.17, 15) is 4.79 Å². The maximum Gasteiger partial charge on any atom is 0.302 e. The molecule has 0 amide bonds. The minimum Gasteiger partial charge on any atom is -0.493 e. The van der Waals surface area contributed by atoms with Gasteiger partial charge in [0.1, 0.15) is 12.2 Å². The Labute approximate surface area is 182 Å². The summed E-state index contributed by atoms with van der Waals surface area (Å²) in [6.07, 6.45) is 0.928. The zero-order valence-corrected chi connectivity index (χ0v) is 19.0. The van der Waals surface area contributed by atoms with Crippen molar-refractivity contribution in [1.82, 2.24) is 4.90 Å². The first-order valence-corrected chi connectivity index (χ1v) is 10.8. The third-order valence-corrected chi connectivity index (χ3v) is 8.23. The predicted octanol–water partition coefficient (Wildman–Crippen LogP) is 2.18. The highest BCUT2D eigenvalue weighted by atomic mass is 16.7. The molecule has 2 aliphatic carbocycles. The molecule has 170 valence electrons. The van der Waals surface area contributed by atoms with Crippen LogP contribution in [0.2, 0.25) is 0 Å². The fourth-order valence-electron chi connectivity index (χ4n) is 7.37. The number of likely N-dealkylation sites (N-methyl/N-ethyl adjacent to an activating group) is 1. The number of carbonyl (C=O) groups is 1. The standard InChI is InChI=1S/C23H31NO7/c1-13(25)30-17-11-21-9-10-24(2)22(21)12-16(31-23(22,29-6)20(17)28-5)14-7-8-15(26-3)19(27-4)18(14)21/h7-8,16-17,20H,9-12H2,1-6H3/t16?,17?,20?,21-,22-,23-/m0/s1. The van der Waals surface area contributed by atoms with Crippen LogP contribution < -0.4 is 9.47 Å². The molecule has 3 unspecified atom stereocenters. The van der Waals surface area contributed by atoms with Crippen LogP contribution in [0.3, 0.4) is 0 Å². The normalized spacial score (nSPS) is 40.3. The molecule has 3 fully saturated rings. The number of nitrogens with zero attached hydrogens (tertiary/aromatic N) is 1. The van der Waals surface area contributed by atoms with Crippen LogP contribution >= 0.6 is 0 Å². The van der Waals surface area contributed by atoms with Gasteiger partial charge < -0.3 is 28.4 Å². The molecule has 8 heteroatoms. The summed E-state index contributed by atoms with van der Waals surface area (Å²) in [7, 11) is 8.73. The number of rotatable bonds is 5. The van der Waals surface area contributed by atoms with Gasteiger partial charge >= 0.3 is 5.97 Å². The second-order valence-electron chi connectivity index (χ2n) is 9.07. The fraction of sp³-hybridized carbons (Fsp3) is 0.696.